The maximum absolute atomic E-state index is 12.3. The van der Waals surface area contributed by atoms with Crippen LogP contribution in [0.25, 0.3) is 6.08 Å². The Bertz CT molecular complexity index is 805. The number of carbonyl (C=O) groups excluding carboxylic acids is 1. The number of allylic oxidation sites excluding steroid dienone is 1. The van der Waals surface area contributed by atoms with Gasteiger partial charge in [-0.3, -0.25) is 14.9 Å². The fraction of sp³-hybridized carbons (Fsp3) is 0. The molecule has 0 fully saturated rings. The molecule has 0 radical (unpaired) electrons. The molecule has 108 valence electrons. The molecular weight excluding hydrogens is 348 g/mol. The van der Waals surface area contributed by atoms with Gasteiger partial charge in [-0.2, -0.15) is 5.26 Å². The summed E-state index contributed by atoms with van der Waals surface area (Å²) >= 11 is 3.30. The van der Waals surface area contributed by atoms with Crippen molar-refractivity contribution in [1.82, 2.24) is 0 Å². The van der Waals surface area contributed by atoms with Gasteiger partial charge in [-0.15, -0.1) is 0 Å². The van der Waals surface area contributed by atoms with E-state index in [-0.39, 0.29) is 16.8 Å². The Morgan fingerprint density at radius 1 is 1.23 bits per heavy atom. The predicted molar refractivity (Wildman–Crippen MR) is 85.2 cm³/mol. The Balaban J connectivity index is 2.37. The van der Waals surface area contributed by atoms with Crippen molar-refractivity contribution in [2.24, 2.45) is 0 Å². The van der Waals surface area contributed by atoms with E-state index in [9.17, 15) is 14.9 Å². The first-order chi connectivity index (χ1) is 10.5. The Labute approximate surface area is 134 Å². The number of carbonyl (C=O) groups is 1. The van der Waals surface area contributed by atoms with E-state index < -0.39 is 10.7 Å². The first-order valence-electron chi connectivity index (χ1n) is 6.18. The van der Waals surface area contributed by atoms with Gasteiger partial charge in [0.2, 0.25) is 5.78 Å². The number of nitro groups is 1. The van der Waals surface area contributed by atoms with Gasteiger partial charge in [0.25, 0.3) is 5.69 Å². The molecule has 0 aliphatic heterocycles. The van der Waals surface area contributed by atoms with Crippen LogP contribution in [0, 0.1) is 21.4 Å². The lowest BCUT2D eigenvalue weighted by Crippen LogP contribution is -2.02. The van der Waals surface area contributed by atoms with E-state index in [4.69, 9.17) is 5.26 Å². The minimum Gasteiger partial charge on any atom is -0.288 e. The number of non-ortho nitro benzene ring substituents is 1. The second-order valence-corrected chi connectivity index (χ2v) is 5.27. The molecular formula is C16H9BrN2O3. The second kappa shape index (κ2) is 6.78. The average molecular weight is 357 g/mol. The number of nitro benzene ring substituents is 1. The maximum atomic E-state index is 12.3. The van der Waals surface area contributed by atoms with Gasteiger partial charge in [-0.1, -0.05) is 40.2 Å². The highest BCUT2D eigenvalue weighted by molar-refractivity contribution is 9.10. The normalized spacial score (nSPS) is 10.8. The van der Waals surface area contributed by atoms with E-state index in [0.29, 0.717) is 5.56 Å². The highest BCUT2D eigenvalue weighted by Crippen LogP contribution is 2.18. The van der Waals surface area contributed by atoms with Crippen molar-refractivity contribution in [1.29, 1.82) is 5.26 Å². The third kappa shape index (κ3) is 3.65. The summed E-state index contributed by atoms with van der Waals surface area (Å²) in [4.78, 5) is 22.5. The van der Waals surface area contributed by atoms with Crippen molar-refractivity contribution < 1.29 is 9.72 Å². The molecule has 0 aliphatic carbocycles. The zero-order valence-electron chi connectivity index (χ0n) is 11.2. The number of benzene rings is 2. The number of hydrogen-bond donors (Lipinski definition) is 0. The minimum atomic E-state index is -0.582. The summed E-state index contributed by atoms with van der Waals surface area (Å²) in [5.41, 5.74) is 0.534. The summed E-state index contributed by atoms with van der Waals surface area (Å²) in [6.45, 7) is 0. The van der Waals surface area contributed by atoms with Gasteiger partial charge in [0.15, 0.2) is 0 Å². The van der Waals surface area contributed by atoms with Crippen LogP contribution in [0.5, 0.6) is 0 Å². The zero-order chi connectivity index (χ0) is 16.1. The quantitative estimate of drug-likeness (QED) is 0.271. The van der Waals surface area contributed by atoms with Crippen LogP contribution in [-0.2, 0) is 0 Å². The van der Waals surface area contributed by atoms with Gasteiger partial charge in [0.1, 0.15) is 11.6 Å². The number of rotatable bonds is 4. The molecule has 5 nitrogen and oxygen atoms in total. The molecule has 22 heavy (non-hydrogen) atoms. The third-order valence-corrected chi connectivity index (χ3v) is 3.39. The Hall–Kier alpha value is -2.78. The molecule has 0 heterocycles. The van der Waals surface area contributed by atoms with Gasteiger partial charge in [0, 0.05) is 22.2 Å². The summed E-state index contributed by atoms with van der Waals surface area (Å²) in [7, 11) is 0. The molecule has 0 bridgehead atoms. The predicted octanol–water partition coefficient (Wildman–Crippen LogP) is 4.15. The van der Waals surface area contributed by atoms with Crippen LogP contribution in [-0.4, -0.2) is 10.7 Å². The molecule has 0 atom stereocenters. The Kier molecular flexibility index (Phi) is 4.81. The van der Waals surface area contributed by atoms with E-state index in [2.05, 4.69) is 15.9 Å². The van der Waals surface area contributed by atoms with Crippen molar-refractivity contribution >= 4 is 33.5 Å². The summed E-state index contributed by atoms with van der Waals surface area (Å²) in [5, 5.41) is 19.9. The van der Waals surface area contributed by atoms with Crippen LogP contribution in [0.15, 0.2) is 58.6 Å². The molecule has 0 saturated heterocycles. The molecule has 0 aromatic heterocycles. The lowest BCUT2D eigenvalue weighted by Gasteiger charge is -2.00. The summed E-state index contributed by atoms with van der Waals surface area (Å²) in [5.74, 6) is -0.547. The van der Waals surface area contributed by atoms with Gasteiger partial charge >= 0.3 is 0 Å². The molecule has 0 N–H and O–H groups in total. The van der Waals surface area contributed by atoms with E-state index in [1.54, 1.807) is 24.3 Å². The van der Waals surface area contributed by atoms with Crippen LogP contribution in [0.1, 0.15) is 15.9 Å². The SMILES string of the molecule is N#C/C(=C\c1ccc(Br)cc1)C(=O)c1cccc([N+](=O)[O-])c1. The highest BCUT2D eigenvalue weighted by Gasteiger charge is 2.15. The van der Waals surface area contributed by atoms with Gasteiger partial charge < -0.3 is 0 Å². The van der Waals surface area contributed by atoms with Crippen molar-refractivity contribution in [3.05, 3.63) is 79.8 Å². The molecule has 0 aliphatic rings. The molecule has 2 rings (SSSR count). The van der Waals surface area contributed by atoms with Crippen LogP contribution < -0.4 is 0 Å². The number of nitrogens with zero attached hydrogens (tertiary/aromatic N) is 2. The van der Waals surface area contributed by atoms with E-state index in [1.165, 1.54) is 24.3 Å². The largest absolute Gasteiger partial charge is 0.288 e. The number of nitriles is 1. The van der Waals surface area contributed by atoms with Gasteiger partial charge in [-0.25, -0.2) is 0 Å². The Morgan fingerprint density at radius 2 is 1.91 bits per heavy atom. The van der Waals surface area contributed by atoms with Crippen molar-refractivity contribution in [3.8, 4) is 6.07 Å². The molecule has 2 aromatic rings. The first kappa shape index (κ1) is 15.6. The molecule has 6 heteroatoms. The second-order valence-electron chi connectivity index (χ2n) is 4.36. The number of halogens is 1. The fourth-order valence-electron chi connectivity index (χ4n) is 1.79. The average Bonchev–Trinajstić information content (AvgIpc) is 2.53. The van der Waals surface area contributed by atoms with Crippen molar-refractivity contribution in [2.75, 3.05) is 0 Å². The summed E-state index contributed by atoms with van der Waals surface area (Å²) in [6.07, 6.45) is 1.45. The van der Waals surface area contributed by atoms with Crippen LogP contribution in [0.2, 0.25) is 0 Å². The number of hydrogen-bond acceptors (Lipinski definition) is 4. The Morgan fingerprint density at radius 3 is 2.50 bits per heavy atom. The monoisotopic (exact) mass is 356 g/mol. The van der Waals surface area contributed by atoms with E-state index >= 15 is 0 Å². The van der Waals surface area contributed by atoms with Gasteiger partial charge in [-0.05, 0) is 23.8 Å². The molecule has 0 unspecified atom stereocenters. The van der Waals surface area contributed by atoms with E-state index in [1.807, 2.05) is 6.07 Å². The number of Topliss-reactive ketones (excluding diaryl/α,β-unsaturated/α-hetero) is 1. The molecule has 0 spiro atoms. The fourth-order valence-corrected chi connectivity index (χ4v) is 2.05. The maximum Gasteiger partial charge on any atom is 0.270 e. The smallest absolute Gasteiger partial charge is 0.270 e. The molecule has 2 aromatic carbocycles. The van der Waals surface area contributed by atoms with Crippen LogP contribution >= 0.6 is 15.9 Å². The first-order valence-corrected chi connectivity index (χ1v) is 6.97. The topological polar surface area (TPSA) is 84.0 Å². The standard InChI is InChI=1S/C16H9BrN2O3/c17-14-6-4-11(5-7-14)8-13(10-18)16(20)12-2-1-3-15(9-12)19(21)22/h1-9H/b13-8+. The lowest BCUT2D eigenvalue weighted by atomic mass is 10.0. The lowest BCUT2D eigenvalue weighted by molar-refractivity contribution is -0.384. The summed E-state index contributed by atoms with van der Waals surface area (Å²) in [6, 6.07) is 14.2. The highest BCUT2D eigenvalue weighted by atomic mass is 79.9. The summed E-state index contributed by atoms with van der Waals surface area (Å²) < 4.78 is 0.883. The molecule has 0 amide bonds. The third-order valence-electron chi connectivity index (χ3n) is 2.87. The minimum absolute atomic E-state index is 0.0807. The van der Waals surface area contributed by atoms with Crippen LogP contribution in [0.4, 0.5) is 5.69 Å². The zero-order valence-corrected chi connectivity index (χ0v) is 12.8. The van der Waals surface area contributed by atoms with Gasteiger partial charge in [0.05, 0.1) is 4.92 Å². The van der Waals surface area contributed by atoms with Crippen LogP contribution in [0.3, 0.4) is 0 Å². The van der Waals surface area contributed by atoms with Crippen molar-refractivity contribution in [3.63, 3.8) is 0 Å². The van der Waals surface area contributed by atoms with E-state index in [0.717, 1.165) is 10.5 Å². The number of ketones is 1. The molecule has 0 saturated carbocycles. The van der Waals surface area contributed by atoms with Crippen molar-refractivity contribution in [2.45, 2.75) is 0 Å².